The Bertz CT molecular complexity index is 520. The van der Waals surface area contributed by atoms with Gasteiger partial charge in [-0.2, -0.15) is 0 Å². The van der Waals surface area contributed by atoms with Gasteiger partial charge in [0.15, 0.2) is 0 Å². The fourth-order valence-corrected chi connectivity index (χ4v) is 3.37. The second-order valence-corrected chi connectivity index (χ2v) is 6.49. The molecule has 0 atom stereocenters. The molecule has 5 heteroatoms. The van der Waals surface area contributed by atoms with Gasteiger partial charge in [-0.05, 0) is 70.0 Å². The maximum Gasteiger partial charge on any atom is 0.256 e. The second-order valence-electron chi connectivity index (χ2n) is 6.49. The highest BCUT2D eigenvalue weighted by atomic mass is 16.5. The Kier molecular flexibility index (Phi) is 7.72. The summed E-state index contributed by atoms with van der Waals surface area (Å²) in [7, 11) is 0. The fraction of sp³-hybridized carbons (Fsp3) is 0.650. The summed E-state index contributed by atoms with van der Waals surface area (Å²) in [6, 6.07) is 7.58. The average Bonchev–Trinajstić information content (AvgIpc) is 3.10. The van der Waals surface area contributed by atoms with E-state index in [4.69, 9.17) is 9.47 Å². The monoisotopic (exact) mass is 348 g/mol. The van der Waals surface area contributed by atoms with Crippen molar-refractivity contribution in [3.05, 3.63) is 24.3 Å². The van der Waals surface area contributed by atoms with Crippen molar-refractivity contribution >= 4 is 11.6 Å². The zero-order valence-electron chi connectivity index (χ0n) is 15.8. The first-order valence-electron chi connectivity index (χ1n) is 9.54. The van der Waals surface area contributed by atoms with Crippen LogP contribution in [0.4, 0.5) is 5.69 Å². The molecule has 0 spiro atoms. The molecule has 5 nitrogen and oxygen atoms in total. The minimum absolute atomic E-state index is 0.0259. The number of amides is 1. The van der Waals surface area contributed by atoms with E-state index >= 15 is 0 Å². The largest absolute Gasteiger partial charge is 0.492 e. The molecule has 0 saturated heterocycles. The lowest BCUT2D eigenvalue weighted by atomic mass is 10.0. The molecule has 1 aromatic rings. The van der Waals surface area contributed by atoms with Crippen LogP contribution in [0.15, 0.2) is 24.3 Å². The number of nitrogens with zero attached hydrogens (tertiary/aromatic N) is 1. The summed E-state index contributed by atoms with van der Waals surface area (Å²) in [5.74, 6) is 0.799. The molecule has 0 bridgehead atoms. The lowest BCUT2D eigenvalue weighted by Crippen LogP contribution is -2.43. The van der Waals surface area contributed by atoms with E-state index in [0.29, 0.717) is 13.2 Å². The van der Waals surface area contributed by atoms with Crippen LogP contribution >= 0.6 is 0 Å². The van der Waals surface area contributed by atoms with Gasteiger partial charge in [-0.3, -0.25) is 4.79 Å². The molecule has 0 unspecified atom stereocenters. The van der Waals surface area contributed by atoms with Crippen LogP contribution in [-0.2, 0) is 9.53 Å². The molecule has 0 aliphatic heterocycles. The zero-order valence-corrected chi connectivity index (χ0v) is 15.8. The van der Waals surface area contributed by atoms with E-state index in [2.05, 4.69) is 24.1 Å². The van der Waals surface area contributed by atoms with Crippen LogP contribution in [0.2, 0.25) is 0 Å². The highest BCUT2D eigenvalue weighted by Crippen LogP contribution is 2.34. The summed E-state index contributed by atoms with van der Waals surface area (Å²) in [5, 5.41) is 3.00. The summed E-state index contributed by atoms with van der Waals surface area (Å²) in [6.45, 7) is 10.5. The molecule has 1 N–H and O–H groups in total. The molecule has 0 aromatic heterocycles. The van der Waals surface area contributed by atoms with E-state index in [0.717, 1.165) is 56.8 Å². The summed E-state index contributed by atoms with van der Waals surface area (Å²) < 4.78 is 11.6. The van der Waals surface area contributed by atoms with Crippen molar-refractivity contribution in [3.8, 4) is 5.75 Å². The number of anilines is 1. The summed E-state index contributed by atoms with van der Waals surface area (Å²) in [4.78, 5) is 15.0. The number of likely N-dealkylation sites (N-methyl/N-ethyl adjacent to an activating group) is 1. The third kappa shape index (κ3) is 5.44. The third-order valence-electron chi connectivity index (χ3n) is 4.93. The number of hydrogen-bond donors (Lipinski definition) is 1. The third-order valence-corrected chi connectivity index (χ3v) is 4.93. The molecular formula is C20H32N2O3. The molecule has 1 fully saturated rings. The van der Waals surface area contributed by atoms with Crippen LogP contribution in [0.3, 0.4) is 0 Å². The van der Waals surface area contributed by atoms with Crippen molar-refractivity contribution in [2.24, 2.45) is 0 Å². The molecule has 25 heavy (non-hydrogen) atoms. The first kappa shape index (κ1) is 19.7. The highest BCUT2D eigenvalue weighted by Gasteiger charge is 2.41. The van der Waals surface area contributed by atoms with Gasteiger partial charge in [0.05, 0.1) is 0 Å². The van der Waals surface area contributed by atoms with E-state index in [1.54, 1.807) is 0 Å². The normalized spacial score (nSPS) is 16.2. The Hall–Kier alpha value is -1.59. The Morgan fingerprint density at radius 1 is 1.12 bits per heavy atom. The van der Waals surface area contributed by atoms with Crippen molar-refractivity contribution in [3.63, 3.8) is 0 Å². The van der Waals surface area contributed by atoms with Crippen LogP contribution in [0, 0.1) is 0 Å². The molecule has 2 rings (SSSR count). The van der Waals surface area contributed by atoms with Gasteiger partial charge in [0.25, 0.3) is 5.91 Å². The van der Waals surface area contributed by atoms with Crippen molar-refractivity contribution in [1.82, 2.24) is 4.90 Å². The molecule has 1 saturated carbocycles. The number of benzene rings is 1. The Balaban J connectivity index is 1.86. The van der Waals surface area contributed by atoms with Crippen molar-refractivity contribution in [1.29, 1.82) is 0 Å². The predicted molar refractivity (Wildman–Crippen MR) is 101 cm³/mol. The quantitative estimate of drug-likeness (QED) is 0.700. The van der Waals surface area contributed by atoms with Crippen LogP contribution in [-0.4, -0.2) is 49.3 Å². The van der Waals surface area contributed by atoms with Gasteiger partial charge < -0.3 is 19.7 Å². The summed E-state index contributed by atoms with van der Waals surface area (Å²) in [6.07, 6.45) is 3.71. The lowest BCUT2D eigenvalue weighted by molar-refractivity contribution is -0.140. The Morgan fingerprint density at radius 2 is 1.76 bits per heavy atom. The number of carbonyl (C=O) groups is 1. The topological polar surface area (TPSA) is 50.8 Å². The minimum Gasteiger partial charge on any atom is -0.492 e. The first-order valence-corrected chi connectivity index (χ1v) is 9.54. The number of rotatable bonds is 10. The Morgan fingerprint density at radius 3 is 2.32 bits per heavy atom. The molecule has 1 amide bonds. The number of carbonyl (C=O) groups excluding carboxylic acids is 1. The van der Waals surface area contributed by atoms with Gasteiger partial charge in [-0.15, -0.1) is 0 Å². The van der Waals surface area contributed by atoms with Crippen LogP contribution in [0.5, 0.6) is 5.75 Å². The lowest BCUT2D eigenvalue weighted by Gasteiger charge is -2.27. The van der Waals surface area contributed by atoms with E-state index in [1.807, 2.05) is 31.2 Å². The zero-order chi connectivity index (χ0) is 18.1. The van der Waals surface area contributed by atoms with Gasteiger partial charge in [0.2, 0.25) is 0 Å². The van der Waals surface area contributed by atoms with Crippen molar-refractivity contribution < 1.29 is 14.3 Å². The number of ether oxygens (including phenoxy) is 2. The molecule has 1 aliphatic carbocycles. The van der Waals surface area contributed by atoms with E-state index in [9.17, 15) is 4.79 Å². The fourth-order valence-electron chi connectivity index (χ4n) is 3.37. The maximum atomic E-state index is 12.7. The van der Waals surface area contributed by atoms with Gasteiger partial charge in [0.1, 0.15) is 18.0 Å². The Labute approximate surface area is 151 Å². The SMILES string of the molecule is CCOC1(C(=O)Nc2ccc(OCCN(CC)CC)cc2)CCCC1. The number of hydrogen-bond acceptors (Lipinski definition) is 4. The number of nitrogens with one attached hydrogen (secondary N) is 1. The van der Waals surface area contributed by atoms with E-state index in [-0.39, 0.29) is 5.91 Å². The van der Waals surface area contributed by atoms with Crippen LogP contribution in [0.1, 0.15) is 46.5 Å². The highest BCUT2D eigenvalue weighted by molar-refractivity contribution is 5.97. The molecular weight excluding hydrogens is 316 g/mol. The standard InChI is InChI=1S/C20H32N2O3/c1-4-22(5-2)15-16-24-18-11-9-17(10-12-18)21-19(23)20(25-6-3)13-7-8-14-20/h9-12H,4-8,13-16H2,1-3H3,(H,21,23). The summed E-state index contributed by atoms with van der Waals surface area (Å²) in [5.41, 5.74) is 0.139. The average molecular weight is 348 g/mol. The van der Waals surface area contributed by atoms with Crippen molar-refractivity contribution in [2.75, 3.05) is 38.2 Å². The predicted octanol–water partition coefficient (Wildman–Crippen LogP) is 3.70. The van der Waals surface area contributed by atoms with Crippen LogP contribution < -0.4 is 10.1 Å². The van der Waals surface area contributed by atoms with Gasteiger partial charge in [-0.25, -0.2) is 0 Å². The van der Waals surface area contributed by atoms with Crippen molar-refractivity contribution in [2.45, 2.75) is 52.1 Å². The molecule has 1 aliphatic rings. The molecule has 0 radical (unpaired) electrons. The van der Waals surface area contributed by atoms with Crippen LogP contribution in [0.25, 0.3) is 0 Å². The smallest absolute Gasteiger partial charge is 0.256 e. The van der Waals surface area contributed by atoms with E-state index < -0.39 is 5.60 Å². The summed E-state index contributed by atoms with van der Waals surface area (Å²) >= 11 is 0. The van der Waals surface area contributed by atoms with Gasteiger partial charge in [0, 0.05) is 18.8 Å². The van der Waals surface area contributed by atoms with E-state index in [1.165, 1.54) is 0 Å². The van der Waals surface area contributed by atoms with Gasteiger partial charge >= 0.3 is 0 Å². The molecule has 0 heterocycles. The molecule has 140 valence electrons. The minimum atomic E-state index is -0.645. The maximum absolute atomic E-state index is 12.7. The van der Waals surface area contributed by atoms with Gasteiger partial charge in [-0.1, -0.05) is 13.8 Å². The molecule has 1 aromatic carbocycles. The second kappa shape index (κ2) is 9.78. The first-order chi connectivity index (χ1) is 12.1.